The molecule has 0 spiro atoms. The summed E-state index contributed by atoms with van der Waals surface area (Å²) in [6.07, 6.45) is -7.74. The van der Waals surface area contributed by atoms with Crippen LogP contribution in [-0.2, 0) is 14.2 Å². The average molecular weight is 364 g/mol. The highest BCUT2D eigenvalue weighted by molar-refractivity contribution is 5.20. The lowest BCUT2D eigenvalue weighted by molar-refractivity contribution is -0.351. The Hall–Kier alpha value is -0.820. The molecule has 1 aliphatic carbocycles. The Morgan fingerprint density at radius 3 is 2.40 bits per heavy atom. The lowest BCUT2D eigenvalue weighted by Gasteiger charge is -2.45. The maximum absolute atomic E-state index is 10.7. The lowest BCUT2D eigenvalue weighted by atomic mass is 9.81. The minimum atomic E-state index is -1.75. The quantitative estimate of drug-likeness (QED) is 0.267. The zero-order valence-corrected chi connectivity index (χ0v) is 13.5. The molecule has 0 radical (unpaired) electrons. The molecule has 2 heterocycles. The third-order valence-corrected chi connectivity index (χ3v) is 5.32. The molecular weight excluding hydrogens is 340 g/mol. The van der Waals surface area contributed by atoms with E-state index in [2.05, 4.69) is 0 Å². The summed E-state index contributed by atoms with van der Waals surface area (Å²) in [6, 6.07) is 0. The molecule has 10 nitrogen and oxygen atoms in total. The first-order valence-electron chi connectivity index (χ1n) is 8.04. The number of hydrogen-bond acceptors (Lipinski definition) is 10. The van der Waals surface area contributed by atoms with Crippen molar-refractivity contribution in [3.05, 3.63) is 12.3 Å². The van der Waals surface area contributed by atoms with Gasteiger partial charge < -0.3 is 50.0 Å². The van der Waals surface area contributed by atoms with Gasteiger partial charge in [0.15, 0.2) is 6.29 Å². The lowest BCUT2D eigenvalue weighted by Crippen LogP contribution is -2.61. The third-order valence-electron chi connectivity index (χ3n) is 5.32. The van der Waals surface area contributed by atoms with Crippen molar-refractivity contribution in [2.24, 2.45) is 5.92 Å². The first kappa shape index (κ1) is 19.0. The Bertz CT molecular complexity index is 522. The molecule has 0 aromatic rings. The van der Waals surface area contributed by atoms with Gasteiger partial charge in [0.25, 0.3) is 0 Å². The molecule has 25 heavy (non-hydrogen) atoms. The summed E-state index contributed by atoms with van der Waals surface area (Å²) in [5.74, 6) is -1.10. The fourth-order valence-electron chi connectivity index (χ4n) is 3.78. The summed E-state index contributed by atoms with van der Waals surface area (Å²) in [6.45, 7) is 0.701. The molecule has 3 aliphatic rings. The van der Waals surface area contributed by atoms with Crippen molar-refractivity contribution in [3.8, 4) is 0 Å². The molecule has 0 bridgehead atoms. The largest absolute Gasteiger partial charge is 0.472 e. The fraction of sp³-hybridized carbons (Fsp3) is 0.867. The van der Waals surface area contributed by atoms with Crippen LogP contribution in [-0.4, -0.2) is 96.7 Å². The van der Waals surface area contributed by atoms with E-state index in [0.717, 1.165) is 6.26 Å². The van der Waals surface area contributed by atoms with Gasteiger partial charge in [0.2, 0.25) is 6.29 Å². The van der Waals surface area contributed by atoms with Gasteiger partial charge in [0.1, 0.15) is 30.0 Å². The van der Waals surface area contributed by atoms with E-state index in [0.29, 0.717) is 0 Å². The van der Waals surface area contributed by atoms with Crippen molar-refractivity contribution >= 4 is 0 Å². The summed E-state index contributed by atoms with van der Waals surface area (Å²) >= 11 is 0. The van der Waals surface area contributed by atoms with E-state index in [4.69, 9.17) is 14.2 Å². The molecule has 2 aliphatic heterocycles. The number of aliphatic hydroxyl groups is 7. The first-order chi connectivity index (χ1) is 11.6. The van der Waals surface area contributed by atoms with E-state index in [1.165, 1.54) is 13.0 Å². The van der Waals surface area contributed by atoms with Crippen LogP contribution in [0.4, 0.5) is 0 Å². The Balaban J connectivity index is 1.81. The number of aliphatic hydroxyl groups excluding tert-OH is 5. The van der Waals surface area contributed by atoms with Gasteiger partial charge >= 0.3 is 0 Å². The van der Waals surface area contributed by atoms with Gasteiger partial charge in [-0.1, -0.05) is 0 Å². The van der Waals surface area contributed by atoms with Crippen LogP contribution in [0.15, 0.2) is 12.3 Å². The number of rotatable bonds is 3. The summed E-state index contributed by atoms with van der Waals surface area (Å²) in [5.41, 5.74) is -3.35. The predicted molar refractivity (Wildman–Crippen MR) is 78.6 cm³/mol. The van der Waals surface area contributed by atoms with Gasteiger partial charge in [0.05, 0.1) is 30.5 Å². The molecule has 1 saturated heterocycles. The molecule has 0 aromatic heterocycles. The fourth-order valence-corrected chi connectivity index (χ4v) is 3.78. The van der Waals surface area contributed by atoms with Gasteiger partial charge in [-0.05, 0) is 13.0 Å². The van der Waals surface area contributed by atoms with Crippen LogP contribution < -0.4 is 0 Å². The second-order valence-electron chi connectivity index (χ2n) is 7.06. The van der Waals surface area contributed by atoms with Crippen molar-refractivity contribution in [2.45, 2.75) is 67.6 Å². The van der Waals surface area contributed by atoms with Crippen molar-refractivity contribution in [3.63, 3.8) is 0 Å². The Kier molecular flexibility index (Phi) is 4.86. The van der Waals surface area contributed by atoms with E-state index in [1.807, 2.05) is 0 Å². The minimum absolute atomic E-state index is 0.140. The van der Waals surface area contributed by atoms with E-state index in [1.54, 1.807) is 0 Å². The summed E-state index contributed by atoms with van der Waals surface area (Å²) in [5, 5.41) is 70.1. The minimum Gasteiger partial charge on any atom is -0.472 e. The first-order valence-corrected chi connectivity index (χ1v) is 8.04. The zero-order chi connectivity index (χ0) is 18.6. The highest BCUT2D eigenvalue weighted by Gasteiger charge is 2.64. The summed E-state index contributed by atoms with van der Waals surface area (Å²) < 4.78 is 16.0. The Labute approximate surface area is 143 Å². The van der Waals surface area contributed by atoms with Crippen molar-refractivity contribution in [2.75, 3.05) is 6.61 Å². The number of fused-ring (bicyclic) bond motifs is 1. The van der Waals surface area contributed by atoms with Crippen LogP contribution in [0.2, 0.25) is 0 Å². The normalized spacial score (nSPS) is 55.7. The van der Waals surface area contributed by atoms with Gasteiger partial charge in [-0.25, -0.2) is 0 Å². The maximum Gasteiger partial charge on any atom is 0.210 e. The monoisotopic (exact) mass is 364 g/mol. The highest BCUT2D eigenvalue weighted by Crippen LogP contribution is 2.49. The van der Waals surface area contributed by atoms with Crippen LogP contribution in [0.1, 0.15) is 13.3 Å². The van der Waals surface area contributed by atoms with Crippen LogP contribution in [0, 0.1) is 5.92 Å². The number of hydrogen-bond donors (Lipinski definition) is 7. The van der Waals surface area contributed by atoms with Gasteiger partial charge in [-0.2, -0.15) is 0 Å². The molecule has 10 atom stereocenters. The second-order valence-corrected chi connectivity index (χ2v) is 7.06. The van der Waals surface area contributed by atoms with Crippen LogP contribution in [0.25, 0.3) is 0 Å². The Morgan fingerprint density at radius 1 is 1.08 bits per heavy atom. The van der Waals surface area contributed by atoms with Gasteiger partial charge in [-0.15, -0.1) is 0 Å². The van der Waals surface area contributed by atoms with E-state index in [-0.39, 0.29) is 6.42 Å². The molecule has 1 saturated carbocycles. The topological polar surface area (TPSA) is 169 Å². The second kappa shape index (κ2) is 6.41. The van der Waals surface area contributed by atoms with E-state index < -0.39 is 66.8 Å². The Morgan fingerprint density at radius 2 is 1.76 bits per heavy atom. The van der Waals surface area contributed by atoms with Crippen LogP contribution in [0.3, 0.4) is 0 Å². The molecule has 144 valence electrons. The van der Waals surface area contributed by atoms with Crippen molar-refractivity contribution < 1.29 is 50.0 Å². The SMILES string of the molecule is C[C@]1(O)[C@H](O)C[C@]2(O)C=CO[C@@H](O[C@@H]3O[C@H](CO)[C@@H](O)[C@H](O)[C@H]3O)[C@H]12. The van der Waals surface area contributed by atoms with Crippen molar-refractivity contribution in [1.82, 2.24) is 0 Å². The maximum atomic E-state index is 10.7. The summed E-state index contributed by atoms with van der Waals surface area (Å²) in [4.78, 5) is 0. The molecule has 3 rings (SSSR count). The predicted octanol–water partition coefficient (Wildman–Crippen LogP) is -3.46. The van der Waals surface area contributed by atoms with Gasteiger partial charge in [0, 0.05) is 6.42 Å². The smallest absolute Gasteiger partial charge is 0.210 e. The highest BCUT2D eigenvalue weighted by atomic mass is 16.8. The molecule has 7 N–H and O–H groups in total. The standard InChI is InChI=1S/C15H24O10/c1-14(21)7(17)4-15(22)2-3-23-13(11(14)15)25-12-10(20)9(19)8(18)6(5-16)24-12/h2-3,6-13,16-22H,4-5H2,1H3/t6-,7-,8-,9+,10-,11-,12+,13+,14+,15-/m1/s1. The molecule has 0 unspecified atom stereocenters. The zero-order valence-electron chi connectivity index (χ0n) is 13.5. The molecule has 2 fully saturated rings. The van der Waals surface area contributed by atoms with Crippen LogP contribution in [0.5, 0.6) is 0 Å². The molecule has 0 amide bonds. The van der Waals surface area contributed by atoms with Crippen LogP contribution >= 0.6 is 0 Å². The van der Waals surface area contributed by atoms with Gasteiger partial charge in [-0.3, -0.25) is 0 Å². The van der Waals surface area contributed by atoms with E-state index in [9.17, 15) is 35.7 Å². The third kappa shape index (κ3) is 2.97. The van der Waals surface area contributed by atoms with E-state index >= 15 is 0 Å². The molecule has 10 heteroatoms. The molecule has 0 aromatic carbocycles. The average Bonchev–Trinajstić information content (AvgIpc) is 2.73. The number of ether oxygens (including phenoxy) is 3. The summed E-state index contributed by atoms with van der Waals surface area (Å²) in [7, 11) is 0. The van der Waals surface area contributed by atoms with Crippen molar-refractivity contribution in [1.29, 1.82) is 0 Å². The molecular formula is C15H24O10.